The van der Waals surface area contributed by atoms with Gasteiger partial charge in [-0.25, -0.2) is 4.98 Å². The zero-order valence-electron chi connectivity index (χ0n) is 8.32. The molecule has 0 aromatic carbocycles. The zero-order valence-corrected chi connectivity index (χ0v) is 8.32. The molecule has 0 unspecified atom stereocenters. The van der Waals surface area contributed by atoms with E-state index in [2.05, 4.69) is 30.4 Å². The van der Waals surface area contributed by atoms with Gasteiger partial charge < -0.3 is 4.52 Å². The minimum Gasteiger partial charge on any atom is -0.333 e. The van der Waals surface area contributed by atoms with E-state index in [0.717, 1.165) is 5.56 Å². The van der Waals surface area contributed by atoms with Crippen molar-refractivity contribution in [2.24, 2.45) is 7.05 Å². The molecular weight excluding hydrogens is 210 g/mol. The largest absolute Gasteiger partial charge is 0.333 e. The molecule has 3 aromatic heterocycles. The van der Waals surface area contributed by atoms with Crippen molar-refractivity contribution in [1.82, 2.24) is 35.1 Å². The Morgan fingerprint density at radius 1 is 1.44 bits per heavy atom. The first-order valence-corrected chi connectivity index (χ1v) is 4.51. The molecule has 0 fully saturated rings. The Morgan fingerprint density at radius 3 is 3.06 bits per heavy atom. The molecule has 0 bridgehead atoms. The van der Waals surface area contributed by atoms with E-state index >= 15 is 0 Å². The topological polar surface area (TPSA) is 98.3 Å². The van der Waals surface area contributed by atoms with Crippen molar-refractivity contribution < 1.29 is 4.52 Å². The highest BCUT2D eigenvalue weighted by molar-refractivity contribution is 5.53. The first-order chi connectivity index (χ1) is 7.83. The van der Waals surface area contributed by atoms with Crippen LogP contribution < -0.4 is 0 Å². The van der Waals surface area contributed by atoms with Crippen molar-refractivity contribution in [1.29, 1.82) is 0 Å². The second kappa shape index (κ2) is 3.26. The lowest BCUT2D eigenvalue weighted by atomic mass is 10.4. The van der Waals surface area contributed by atoms with Gasteiger partial charge in [0.15, 0.2) is 5.82 Å². The van der Waals surface area contributed by atoms with Crippen LogP contribution in [0.2, 0.25) is 0 Å². The molecule has 1 N–H and O–H groups in total. The summed E-state index contributed by atoms with van der Waals surface area (Å²) >= 11 is 0. The molecule has 0 spiro atoms. The molecule has 16 heavy (non-hydrogen) atoms. The second-order valence-electron chi connectivity index (χ2n) is 3.16. The quantitative estimate of drug-likeness (QED) is 0.660. The summed E-state index contributed by atoms with van der Waals surface area (Å²) in [6.45, 7) is 0. The third-order valence-electron chi connectivity index (χ3n) is 2.00. The lowest BCUT2D eigenvalue weighted by Crippen LogP contribution is -1.84. The summed E-state index contributed by atoms with van der Waals surface area (Å²) in [4.78, 5) is 8.10. The third kappa shape index (κ3) is 1.36. The SMILES string of the molecule is Cn1cc(-c2nc(-c3ncn[nH]3)no2)cn1. The van der Waals surface area contributed by atoms with Gasteiger partial charge in [-0.2, -0.15) is 15.2 Å². The molecule has 3 heterocycles. The number of hydrogen-bond acceptors (Lipinski definition) is 6. The average molecular weight is 217 g/mol. The highest BCUT2D eigenvalue weighted by Crippen LogP contribution is 2.18. The van der Waals surface area contributed by atoms with Gasteiger partial charge in [-0.05, 0) is 0 Å². The number of rotatable bonds is 2. The van der Waals surface area contributed by atoms with Gasteiger partial charge in [-0.1, -0.05) is 5.16 Å². The molecule has 0 saturated carbocycles. The summed E-state index contributed by atoms with van der Waals surface area (Å²) in [6, 6.07) is 0. The van der Waals surface area contributed by atoms with E-state index in [0.29, 0.717) is 17.5 Å². The molecule has 0 radical (unpaired) electrons. The fourth-order valence-electron chi connectivity index (χ4n) is 1.28. The van der Waals surface area contributed by atoms with Crippen LogP contribution in [0.15, 0.2) is 23.2 Å². The standard InChI is InChI=1S/C8H7N7O/c1-15-3-5(2-11-15)8-12-7(14-16-8)6-9-4-10-13-6/h2-4H,1H3,(H,9,10,13). The van der Waals surface area contributed by atoms with E-state index in [-0.39, 0.29) is 0 Å². The van der Waals surface area contributed by atoms with E-state index in [4.69, 9.17) is 4.52 Å². The van der Waals surface area contributed by atoms with E-state index in [1.807, 2.05) is 7.05 Å². The van der Waals surface area contributed by atoms with Gasteiger partial charge in [0, 0.05) is 13.2 Å². The van der Waals surface area contributed by atoms with Gasteiger partial charge in [-0.15, -0.1) is 0 Å². The Labute approximate surface area is 89.3 Å². The van der Waals surface area contributed by atoms with Crippen molar-refractivity contribution in [3.63, 3.8) is 0 Å². The van der Waals surface area contributed by atoms with Crippen LogP contribution >= 0.6 is 0 Å². The minimum atomic E-state index is 0.372. The number of H-pyrrole nitrogens is 1. The molecule has 0 amide bonds. The Bertz CT molecular complexity index is 593. The predicted octanol–water partition coefficient (Wildman–Crippen LogP) is 0.255. The van der Waals surface area contributed by atoms with Crippen LogP contribution in [0.25, 0.3) is 23.1 Å². The summed E-state index contributed by atoms with van der Waals surface area (Å²) in [6.07, 6.45) is 4.82. The Hall–Kier alpha value is -2.51. The van der Waals surface area contributed by atoms with E-state index in [9.17, 15) is 0 Å². The van der Waals surface area contributed by atoms with E-state index < -0.39 is 0 Å². The molecule has 0 saturated heterocycles. The third-order valence-corrected chi connectivity index (χ3v) is 2.00. The predicted molar refractivity (Wildman–Crippen MR) is 51.9 cm³/mol. The maximum absolute atomic E-state index is 5.09. The molecule has 80 valence electrons. The van der Waals surface area contributed by atoms with Gasteiger partial charge >= 0.3 is 0 Å². The molecule has 0 atom stereocenters. The fraction of sp³-hybridized carbons (Fsp3) is 0.125. The smallest absolute Gasteiger partial charge is 0.261 e. The Morgan fingerprint density at radius 2 is 2.38 bits per heavy atom. The zero-order chi connectivity index (χ0) is 11.0. The van der Waals surface area contributed by atoms with Crippen LogP contribution in [0.3, 0.4) is 0 Å². The van der Waals surface area contributed by atoms with Gasteiger partial charge in [0.25, 0.3) is 5.89 Å². The Balaban J connectivity index is 2.00. The van der Waals surface area contributed by atoms with E-state index in [1.54, 1.807) is 17.1 Å². The highest BCUT2D eigenvalue weighted by Gasteiger charge is 2.13. The average Bonchev–Trinajstić information content (AvgIpc) is 2.97. The number of aromatic amines is 1. The van der Waals surface area contributed by atoms with Crippen LogP contribution in [0.1, 0.15) is 0 Å². The molecule has 8 nitrogen and oxygen atoms in total. The summed E-state index contributed by atoms with van der Waals surface area (Å²) in [5.41, 5.74) is 0.765. The number of nitrogens with zero attached hydrogens (tertiary/aromatic N) is 6. The highest BCUT2D eigenvalue weighted by atomic mass is 16.5. The van der Waals surface area contributed by atoms with Crippen molar-refractivity contribution >= 4 is 0 Å². The number of aryl methyl sites for hydroxylation is 1. The van der Waals surface area contributed by atoms with Crippen LogP contribution in [-0.2, 0) is 7.05 Å². The van der Waals surface area contributed by atoms with Gasteiger partial charge in [0.05, 0.1) is 11.8 Å². The van der Waals surface area contributed by atoms with Gasteiger partial charge in [-0.3, -0.25) is 9.78 Å². The first kappa shape index (κ1) is 8.77. The molecular formula is C8H7N7O. The van der Waals surface area contributed by atoms with Crippen molar-refractivity contribution in [3.8, 4) is 23.1 Å². The number of aromatic nitrogens is 7. The maximum atomic E-state index is 5.09. The first-order valence-electron chi connectivity index (χ1n) is 4.51. The van der Waals surface area contributed by atoms with Gasteiger partial charge in [0.1, 0.15) is 6.33 Å². The molecule has 0 aliphatic heterocycles. The lowest BCUT2D eigenvalue weighted by Gasteiger charge is -1.83. The monoisotopic (exact) mass is 217 g/mol. The van der Waals surface area contributed by atoms with Gasteiger partial charge in [0.2, 0.25) is 5.82 Å². The van der Waals surface area contributed by atoms with Crippen LogP contribution in [0.5, 0.6) is 0 Å². The lowest BCUT2D eigenvalue weighted by molar-refractivity contribution is 0.432. The summed E-state index contributed by atoms with van der Waals surface area (Å²) in [5.74, 6) is 1.25. The molecule has 3 rings (SSSR count). The van der Waals surface area contributed by atoms with Crippen LogP contribution in [0, 0.1) is 0 Å². The van der Waals surface area contributed by atoms with Crippen molar-refractivity contribution in [2.45, 2.75) is 0 Å². The van der Waals surface area contributed by atoms with Crippen molar-refractivity contribution in [2.75, 3.05) is 0 Å². The normalized spacial score (nSPS) is 10.8. The minimum absolute atomic E-state index is 0.372. The molecule has 8 heteroatoms. The summed E-state index contributed by atoms with van der Waals surface area (Å²) in [7, 11) is 1.82. The molecule has 0 aliphatic carbocycles. The molecule has 3 aromatic rings. The molecule has 0 aliphatic rings. The second-order valence-corrected chi connectivity index (χ2v) is 3.16. The fourth-order valence-corrected chi connectivity index (χ4v) is 1.28. The van der Waals surface area contributed by atoms with Crippen molar-refractivity contribution in [3.05, 3.63) is 18.7 Å². The Kier molecular flexibility index (Phi) is 1.79. The van der Waals surface area contributed by atoms with E-state index in [1.165, 1.54) is 6.33 Å². The van der Waals surface area contributed by atoms with Crippen LogP contribution in [-0.4, -0.2) is 35.1 Å². The number of hydrogen-bond donors (Lipinski definition) is 1. The summed E-state index contributed by atoms with van der Waals surface area (Å²) < 4.78 is 6.75. The van der Waals surface area contributed by atoms with Crippen LogP contribution in [0.4, 0.5) is 0 Å². The number of nitrogens with one attached hydrogen (secondary N) is 1. The maximum Gasteiger partial charge on any atom is 0.261 e. The summed E-state index contributed by atoms with van der Waals surface area (Å²) in [5, 5.41) is 14.2.